The molecule has 1 atom stereocenters. The predicted molar refractivity (Wildman–Crippen MR) is 69.6 cm³/mol. The minimum atomic E-state index is -0.705. The number of carbonyl (C=O) groups excluding carboxylic acids is 2. The molecule has 0 saturated carbocycles. The van der Waals surface area contributed by atoms with Gasteiger partial charge in [-0.2, -0.15) is 0 Å². The van der Waals surface area contributed by atoms with Crippen molar-refractivity contribution in [2.45, 2.75) is 39.2 Å². The van der Waals surface area contributed by atoms with Crippen molar-refractivity contribution in [2.24, 2.45) is 5.73 Å². The number of rotatable bonds is 6. The minimum absolute atomic E-state index is 0.00933. The summed E-state index contributed by atoms with van der Waals surface area (Å²) in [5.41, 5.74) is 5.88. The molecule has 0 amide bonds. The lowest BCUT2D eigenvalue weighted by molar-refractivity contribution is -0.135. The van der Waals surface area contributed by atoms with E-state index >= 15 is 0 Å². The lowest BCUT2D eigenvalue weighted by atomic mass is 10.0. The van der Waals surface area contributed by atoms with Crippen molar-refractivity contribution in [1.82, 2.24) is 0 Å². The van der Waals surface area contributed by atoms with Gasteiger partial charge in [-0.1, -0.05) is 25.5 Å². The van der Waals surface area contributed by atoms with Crippen LogP contribution in [0.15, 0.2) is 24.3 Å². The van der Waals surface area contributed by atoms with Crippen LogP contribution in [0.25, 0.3) is 0 Å². The summed E-state index contributed by atoms with van der Waals surface area (Å²) in [6, 6.07) is 6.05. The maximum absolute atomic E-state index is 12.0. The van der Waals surface area contributed by atoms with E-state index in [0.29, 0.717) is 17.7 Å². The zero-order valence-electron chi connectivity index (χ0n) is 10.8. The number of esters is 1. The Morgan fingerprint density at radius 1 is 1.33 bits per heavy atom. The normalized spacial score (nSPS) is 11.9. The van der Waals surface area contributed by atoms with E-state index in [2.05, 4.69) is 0 Å². The molecule has 0 aliphatic heterocycles. The molecule has 0 unspecified atom stereocenters. The lowest BCUT2D eigenvalue weighted by Gasteiger charge is -2.10. The van der Waals surface area contributed by atoms with Crippen molar-refractivity contribution in [3.8, 4) is 5.75 Å². The van der Waals surface area contributed by atoms with Crippen molar-refractivity contribution in [1.29, 1.82) is 0 Å². The number of hydrogen-bond acceptors (Lipinski definition) is 4. The first-order chi connectivity index (χ1) is 8.56. The molecule has 0 fully saturated rings. The second-order valence-corrected chi connectivity index (χ2v) is 4.23. The van der Waals surface area contributed by atoms with Crippen molar-refractivity contribution >= 4 is 11.8 Å². The predicted octanol–water partition coefficient (Wildman–Crippen LogP) is 2.31. The Kier molecular flexibility index (Phi) is 5.52. The van der Waals surface area contributed by atoms with E-state index in [9.17, 15) is 9.59 Å². The maximum atomic E-state index is 12.0. The molecule has 0 spiro atoms. The Bertz CT molecular complexity index is 427. The average Bonchev–Trinajstić information content (AvgIpc) is 2.36. The highest BCUT2D eigenvalue weighted by atomic mass is 16.5. The van der Waals surface area contributed by atoms with Crippen LogP contribution in [0.3, 0.4) is 0 Å². The van der Waals surface area contributed by atoms with Gasteiger partial charge in [0.1, 0.15) is 11.8 Å². The first-order valence-electron chi connectivity index (χ1n) is 6.15. The van der Waals surface area contributed by atoms with E-state index in [1.54, 1.807) is 31.2 Å². The number of ketones is 1. The van der Waals surface area contributed by atoms with Crippen LogP contribution in [-0.4, -0.2) is 17.8 Å². The Morgan fingerprint density at radius 2 is 2.00 bits per heavy atom. The second kappa shape index (κ2) is 6.91. The van der Waals surface area contributed by atoms with Gasteiger partial charge >= 0.3 is 5.97 Å². The number of para-hydroxylation sites is 1. The number of unbranched alkanes of at least 4 members (excludes halogenated alkanes) is 1. The van der Waals surface area contributed by atoms with Gasteiger partial charge < -0.3 is 10.5 Å². The van der Waals surface area contributed by atoms with Crippen LogP contribution in [0.2, 0.25) is 0 Å². The van der Waals surface area contributed by atoms with Gasteiger partial charge in [0.25, 0.3) is 0 Å². The van der Waals surface area contributed by atoms with Gasteiger partial charge in [0, 0.05) is 6.42 Å². The molecule has 4 heteroatoms. The van der Waals surface area contributed by atoms with Crippen LogP contribution >= 0.6 is 0 Å². The fourth-order valence-electron chi connectivity index (χ4n) is 1.46. The molecular formula is C14H19NO3. The standard InChI is InChI=1S/C14H19NO3/c1-3-4-8-12(16)11-7-5-6-9-13(11)18-14(17)10(2)15/h5-7,9-10H,3-4,8,15H2,1-2H3/t10-/m0/s1. The van der Waals surface area contributed by atoms with Crippen LogP contribution in [0.5, 0.6) is 5.75 Å². The first-order valence-corrected chi connectivity index (χ1v) is 6.15. The van der Waals surface area contributed by atoms with E-state index < -0.39 is 12.0 Å². The van der Waals surface area contributed by atoms with E-state index in [-0.39, 0.29) is 5.78 Å². The molecule has 98 valence electrons. The number of Topliss-reactive ketones (excluding diaryl/α,β-unsaturated/α-hetero) is 1. The fraction of sp³-hybridized carbons (Fsp3) is 0.429. The smallest absolute Gasteiger partial charge is 0.328 e. The number of benzene rings is 1. The third kappa shape index (κ3) is 3.96. The molecular weight excluding hydrogens is 230 g/mol. The van der Waals surface area contributed by atoms with Crippen molar-refractivity contribution in [3.05, 3.63) is 29.8 Å². The molecule has 1 rings (SSSR count). The van der Waals surface area contributed by atoms with Crippen molar-refractivity contribution < 1.29 is 14.3 Å². The fourth-order valence-corrected chi connectivity index (χ4v) is 1.46. The van der Waals surface area contributed by atoms with Gasteiger partial charge in [0.15, 0.2) is 5.78 Å². The van der Waals surface area contributed by atoms with E-state index in [1.807, 2.05) is 6.92 Å². The van der Waals surface area contributed by atoms with E-state index in [4.69, 9.17) is 10.5 Å². The Morgan fingerprint density at radius 3 is 2.61 bits per heavy atom. The summed E-state index contributed by atoms with van der Waals surface area (Å²) < 4.78 is 5.12. The number of carbonyl (C=O) groups is 2. The molecule has 0 radical (unpaired) electrons. The molecule has 0 aromatic heterocycles. The Hall–Kier alpha value is -1.68. The highest BCUT2D eigenvalue weighted by Gasteiger charge is 2.16. The number of hydrogen-bond donors (Lipinski definition) is 1. The summed E-state index contributed by atoms with van der Waals surface area (Å²) in [7, 11) is 0. The molecule has 0 saturated heterocycles. The molecule has 0 aliphatic carbocycles. The summed E-state index contributed by atoms with van der Waals surface area (Å²) in [6.45, 7) is 3.57. The highest BCUT2D eigenvalue weighted by Crippen LogP contribution is 2.20. The van der Waals surface area contributed by atoms with Gasteiger partial charge in [-0.25, -0.2) is 4.79 Å². The summed E-state index contributed by atoms with van der Waals surface area (Å²) in [5, 5.41) is 0. The van der Waals surface area contributed by atoms with Crippen molar-refractivity contribution in [3.63, 3.8) is 0 Å². The van der Waals surface area contributed by atoms with Gasteiger partial charge in [0.2, 0.25) is 0 Å². The average molecular weight is 249 g/mol. The van der Waals surface area contributed by atoms with E-state index in [1.165, 1.54) is 0 Å². The van der Waals surface area contributed by atoms with Gasteiger partial charge in [-0.05, 0) is 25.5 Å². The van der Waals surface area contributed by atoms with Gasteiger partial charge in [-0.3, -0.25) is 4.79 Å². The van der Waals surface area contributed by atoms with Crippen LogP contribution < -0.4 is 10.5 Å². The molecule has 4 nitrogen and oxygen atoms in total. The molecule has 0 heterocycles. The molecule has 1 aromatic carbocycles. The van der Waals surface area contributed by atoms with Gasteiger partial charge in [-0.15, -0.1) is 0 Å². The zero-order chi connectivity index (χ0) is 13.5. The topological polar surface area (TPSA) is 69.4 Å². The lowest BCUT2D eigenvalue weighted by Crippen LogP contribution is -2.31. The quantitative estimate of drug-likeness (QED) is 0.477. The van der Waals surface area contributed by atoms with Crippen LogP contribution in [0.4, 0.5) is 0 Å². The largest absolute Gasteiger partial charge is 0.425 e. The molecule has 18 heavy (non-hydrogen) atoms. The summed E-state index contributed by atoms with van der Waals surface area (Å²) in [4.78, 5) is 23.4. The second-order valence-electron chi connectivity index (χ2n) is 4.23. The summed E-state index contributed by atoms with van der Waals surface area (Å²) in [6.07, 6.45) is 2.24. The highest BCUT2D eigenvalue weighted by molar-refractivity contribution is 5.99. The molecule has 1 aromatic rings. The maximum Gasteiger partial charge on any atom is 0.328 e. The third-order valence-electron chi connectivity index (χ3n) is 2.53. The molecule has 2 N–H and O–H groups in total. The number of nitrogens with two attached hydrogens (primary N) is 1. The summed E-state index contributed by atoms with van der Waals surface area (Å²) >= 11 is 0. The zero-order valence-corrected chi connectivity index (χ0v) is 10.8. The van der Waals surface area contributed by atoms with Gasteiger partial charge in [0.05, 0.1) is 5.56 Å². The number of ether oxygens (including phenoxy) is 1. The van der Waals surface area contributed by atoms with Crippen LogP contribution in [0, 0.1) is 0 Å². The first kappa shape index (κ1) is 14.4. The van der Waals surface area contributed by atoms with Crippen LogP contribution in [-0.2, 0) is 4.79 Å². The SMILES string of the molecule is CCCCC(=O)c1ccccc1OC(=O)[C@H](C)N. The van der Waals surface area contributed by atoms with Crippen molar-refractivity contribution in [2.75, 3.05) is 0 Å². The third-order valence-corrected chi connectivity index (χ3v) is 2.53. The molecule has 0 bridgehead atoms. The molecule has 0 aliphatic rings. The summed E-state index contributed by atoms with van der Waals surface area (Å²) in [5.74, 6) is -0.253. The van der Waals surface area contributed by atoms with Crippen LogP contribution in [0.1, 0.15) is 43.5 Å². The van der Waals surface area contributed by atoms with E-state index in [0.717, 1.165) is 12.8 Å². The minimum Gasteiger partial charge on any atom is -0.425 e. The monoisotopic (exact) mass is 249 g/mol. The Balaban J connectivity index is 2.85. The Labute approximate surface area is 107 Å².